The number of rotatable bonds is 6. The molecule has 1 heterocycles. The minimum atomic E-state index is -3.30. The maximum absolute atomic E-state index is 11.9. The summed E-state index contributed by atoms with van der Waals surface area (Å²) in [4.78, 5) is 0. The van der Waals surface area contributed by atoms with Crippen molar-refractivity contribution in [2.75, 3.05) is 39.6 Å². The van der Waals surface area contributed by atoms with E-state index in [2.05, 4.69) is 5.32 Å². The summed E-state index contributed by atoms with van der Waals surface area (Å²) in [6.45, 7) is 1.38. The Morgan fingerprint density at radius 3 is 2.69 bits per heavy atom. The lowest BCUT2D eigenvalue weighted by Crippen LogP contribution is -2.45. The zero-order valence-electron chi connectivity index (χ0n) is 9.72. The summed E-state index contributed by atoms with van der Waals surface area (Å²) >= 11 is 0. The molecule has 0 unspecified atom stereocenters. The highest BCUT2D eigenvalue weighted by Gasteiger charge is 2.34. The van der Waals surface area contributed by atoms with Gasteiger partial charge in [0.2, 0.25) is 10.0 Å². The number of nitrogens with zero attached hydrogens (tertiary/aromatic N) is 1. The smallest absolute Gasteiger partial charge is 0.214 e. The first-order chi connectivity index (χ1) is 7.49. The van der Waals surface area contributed by atoms with Gasteiger partial charge in [-0.1, -0.05) is 0 Å². The van der Waals surface area contributed by atoms with E-state index in [1.807, 2.05) is 0 Å². The quantitative estimate of drug-likeness (QED) is 0.570. The number of methoxy groups -OCH3 is 1. The van der Waals surface area contributed by atoms with Gasteiger partial charge >= 0.3 is 0 Å². The number of likely N-dealkylation sites (N-methyl/N-ethyl adjacent to an activating group) is 1. The third kappa shape index (κ3) is 3.39. The molecule has 0 amide bonds. The molecule has 1 aliphatic heterocycles. The highest BCUT2D eigenvalue weighted by Crippen LogP contribution is 2.12. The zero-order valence-corrected chi connectivity index (χ0v) is 10.5. The standard InChI is InChI=1S/C9H20N2O4S/c1-11(8-6-10-7-9(8)12)16(13,14)5-3-4-15-2/h8-10,12H,3-7H2,1-2H3/t8-,9-/m1/s1. The van der Waals surface area contributed by atoms with E-state index in [-0.39, 0.29) is 11.8 Å². The van der Waals surface area contributed by atoms with Gasteiger partial charge in [0.15, 0.2) is 0 Å². The van der Waals surface area contributed by atoms with Gasteiger partial charge in [-0.3, -0.25) is 0 Å². The molecule has 0 aromatic carbocycles. The number of aliphatic hydroxyl groups is 1. The van der Waals surface area contributed by atoms with Crippen LogP contribution >= 0.6 is 0 Å². The van der Waals surface area contributed by atoms with Gasteiger partial charge in [-0.05, 0) is 6.42 Å². The van der Waals surface area contributed by atoms with Crippen molar-refractivity contribution in [2.45, 2.75) is 18.6 Å². The van der Waals surface area contributed by atoms with Crippen molar-refractivity contribution in [2.24, 2.45) is 0 Å². The molecule has 1 rings (SSSR count). The SMILES string of the molecule is COCCCS(=O)(=O)N(C)[C@@H]1CNC[C@H]1O. The first-order valence-corrected chi connectivity index (χ1v) is 6.93. The molecule has 0 saturated carbocycles. The third-order valence-electron chi connectivity index (χ3n) is 2.81. The maximum Gasteiger partial charge on any atom is 0.214 e. The van der Waals surface area contributed by atoms with Crippen LogP contribution in [-0.4, -0.2) is 69.6 Å². The van der Waals surface area contributed by atoms with E-state index in [4.69, 9.17) is 4.74 Å². The number of sulfonamides is 1. The maximum atomic E-state index is 11.9. The van der Waals surface area contributed by atoms with Crippen molar-refractivity contribution in [3.8, 4) is 0 Å². The molecule has 1 aliphatic rings. The summed E-state index contributed by atoms with van der Waals surface area (Å²) in [5.74, 6) is 0.0561. The second-order valence-electron chi connectivity index (χ2n) is 3.97. The topological polar surface area (TPSA) is 78.9 Å². The second-order valence-corrected chi connectivity index (χ2v) is 6.12. The van der Waals surface area contributed by atoms with Gasteiger partial charge < -0.3 is 15.2 Å². The Morgan fingerprint density at radius 1 is 1.50 bits per heavy atom. The molecule has 0 aromatic rings. The van der Waals surface area contributed by atoms with E-state index >= 15 is 0 Å². The van der Waals surface area contributed by atoms with E-state index in [0.29, 0.717) is 26.1 Å². The molecule has 0 radical (unpaired) electrons. The lowest BCUT2D eigenvalue weighted by atomic mass is 10.2. The second kappa shape index (κ2) is 5.92. The minimum absolute atomic E-state index is 0.0561. The van der Waals surface area contributed by atoms with Crippen LogP contribution in [0.4, 0.5) is 0 Å². The number of hydrogen-bond acceptors (Lipinski definition) is 5. The fourth-order valence-electron chi connectivity index (χ4n) is 1.76. The Labute approximate surface area is 96.6 Å². The molecule has 7 heteroatoms. The number of ether oxygens (including phenoxy) is 1. The van der Waals surface area contributed by atoms with Crippen LogP contribution in [0.2, 0.25) is 0 Å². The van der Waals surface area contributed by atoms with Gasteiger partial charge in [-0.25, -0.2) is 8.42 Å². The first kappa shape index (κ1) is 13.9. The van der Waals surface area contributed by atoms with Gasteiger partial charge in [-0.2, -0.15) is 4.31 Å². The summed E-state index contributed by atoms with van der Waals surface area (Å²) in [6, 6.07) is -0.354. The van der Waals surface area contributed by atoms with E-state index in [1.54, 1.807) is 7.11 Å². The molecule has 0 bridgehead atoms. The van der Waals surface area contributed by atoms with Crippen LogP contribution in [0.25, 0.3) is 0 Å². The van der Waals surface area contributed by atoms with E-state index < -0.39 is 16.1 Å². The molecule has 2 atom stereocenters. The highest BCUT2D eigenvalue weighted by atomic mass is 32.2. The molecule has 96 valence electrons. The van der Waals surface area contributed by atoms with Gasteiger partial charge in [0, 0.05) is 33.9 Å². The largest absolute Gasteiger partial charge is 0.390 e. The van der Waals surface area contributed by atoms with Crippen molar-refractivity contribution in [1.82, 2.24) is 9.62 Å². The molecule has 1 saturated heterocycles. The summed E-state index contributed by atoms with van der Waals surface area (Å²) in [7, 11) is -0.236. The fourth-order valence-corrected chi connectivity index (χ4v) is 3.16. The lowest BCUT2D eigenvalue weighted by molar-refractivity contribution is 0.136. The normalized spacial score (nSPS) is 26.5. The van der Waals surface area contributed by atoms with Gasteiger partial charge in [0.1, 0.15) is 0 Å². The molecule has 0 aliphatic carbocycles. The Bertz CT molecular complexity index is 307. The Morgan fingerprint density at radius 2 is 2.19 bits per heavy atom. The average molecular weight is 252 g/mol. The first-order valence-electron chi connectivity index (χ1n) is 5.32. The zero-order chi connectivity index (χ0) is 12.2. The van der Waals surface area contributed by atoms with Crippen LogP contribution in [0.15, 0.2) is 0 Å². The third-order valence-corrected chi connectivity index (χ3v) is 4.76. The van der Waals surface area contributed by atoms with Crippen molar-refractivity contribution >= 4 is 10.0 Å². The van der Waals surface area contributed by atoms with Crippen molar-refractivity contribution in [1.29, 1.82) is 0 Å². The van der Waals surface area contributed by atoms with Crippen molar-refractivity contribution < 1.29 is 18.3 Å². The molecule has 1 fully saturated rings. The van der Waals surface area contributed by atoms with Gasteiger partial charge in [0.25, 0.3) is 0 Å². The molecule has 0 aromatic heterocycles. The predicted octanol–water partition coefficient (Wildman–Crippen LogP) is -1.38. The molecular formula is C9H20N2O4S. The van der Waals surface area contributed by atoms with Crippen LogP contribution < -0.4 is 5.32 Å². The van der Waals surface area contributed by atoms with E-state index in [1.165, 1.54) is 11.4 Å². The predicted molar refractivity (Wildman–Crippen MR) is 60.7 cm³/mol. The van der Waals surface area contributed by atoms with Crippen molar-refractivity contribution in [3.63, 3.8) is 0 Å². The van der Waals surface area contributed by atoms with Crippen molar-refractivity contribution in [3.05, 3.63) is 0 Å². The molecule has 2 N–H and O–H groups in total. The number of aliphatic hydroxyl groups excluding tert-OH is 1. The fraction of sp³-hybridized carbons (Fsp3) is 1.00. The molecule has 0 spiro atoms. The Balaban J connectivity index is 2.54. The van der Waals surface area contributed by atoms with Crippen LogP contribution in [0.5, 0.6) is 0 Å². The lowest BCUT2D eigenvalue weighted by Gasteiger charge is -2.25. The Hall–Kier alpha value is -0.210. The van der Waals surface area contributed by atoms with Crippen LogP contribution in [0, 0.1) is 0 Å². The van der Waals surface area contributed by atoms with E-state index in [9.17, 15) is 13.5 Å². The van der Waals surface area contributed by atoms with Gasteiger partial charge in [0.05, 0.1) is 17.9 Å². The summed E-state index contributed by atoms with van der Waals surface area (Å²) in [5, 5.41) is 12.6. The number of nitrogens with one attached hydrogen (secondary N) is 1. The van der Waals surface area contributed by atoms with Crippen LogP contribution in [0.1, 0.15) is 6.42 Å². The number of hydrogen-bond donors (Lipinski definition) is 2. The Kier molecular flexibility index (Phi) is 5.13. The van der Waals surface area contributed by atoms with E-state index in [0.717, 1.165) is 0 Å². The molecular weight excluding hydrogens is 232 g/mol. The number of β-amino-alcohol motifs (C(OH)–C–C–N with tert-alkyl or cyclic N) is 1. The van der Waals surface area contributed by atoms with Gasteiger partial charge in [-0.15, -0.1) is 0 Å². The molecule has 6 nitrogen and oxygen atoms in total. The highest BCUT2D eigenvalue weighted by molar-refractivity contribution is 7.89. The minimum Gasteiger partial charge on any atom is -0.390 e. The van der Waals surface area contributed by atoms with Crippen LogP contribution in [-0.2, 0) is 14.8 Å². The monoisotopic (exact) mass is 252 g/mol. The summed E-state index contributed by atoms with van der Waals surface area (Å²) in [5.41, 5.74) is 0. The summed E-state index contributed by atoms with van der Waals surface area (Å²) < 4.78 is 29.8. The van der Waals surface area contributed by atoms with Crippen LogP contribution in [0.3, 0.4) is 0 Å². The average Bonchev–Trinajstić information content (AvgIpc) is 2.63. The summed E-state index contributed by atoms with van der Waals surface area (Å²) in [6.07, 6.45) is -0.151. The molecule has 16 heavy (non-hydrogen) atoms.